The van der Waals surface area contributed by atoms with Crippen molar-refractivity contribution in [1.82, 2.24) is 20.2 Å². The largest absolute Gasteiger partial charge is 0.417 e. The van der Waals surface area contributed by atoms with Crippen LogP contribution in [0.5, 0.6) is 0 Å². The van der Waals surface area contributed by atoms with Gasteiger partial charge in [0.15, 0.2) is 5.69 Å². The van der Waals surface area contributed by atoms with Crippen LogP contribution < -0.4 is 5.32 Å². The Morgan fingerprint density at radius 3 is 2.50 bits per heavy atom. The zero-order valence-electron chi connectivity index (χ0n) is 14.2. The van der Waals surface area contributed by atoms with Crippen LogP contribution in [-0.4, -0.2) is 26.1 Å². The average molecular weight is 383 g/mol. The van der Waals surface area contributed by atoms with Crippen LogP contribution in [0.3, 0.4) is 0 Å². The Kier molecular flexibility index (Phi) is 4.26. The number of aromatic amines is 1. The van der Waals surface area contributed by atoms with Crippen molar-refractivity contribution in [2.45, 2.75) is 6.18 Å². The van der Waals surface area contributed by atoms with Gasteiger partial charge in [-0.1, -0.05) is 6.07 Å². The maximum atomic E-state index is 13.0. The number of amides is 1. The number of nitrogens with one attached hydrogen (secondary N) is 2. The van der Waals surface area contributed by atoms with E-state index in [4.69, 9.17) is 0 Å². The first kappa shape index (κ1) is 17.7. The van der Waals surface area contributed by atoms with Gasteiger partial charge in [0.25, 0.3) is 5.91 Å². The van der Waals surface area contributed by atoms with Gasteiger partial charge in [-0.2, -0.15) is 18.3 Å². The van der Waals surface area contributed by atoms with Gasteiger partial charge in [-0.25, -0.2) is 0 Å². The van der Waals surface area contributed by atoms with Gasteiger partial charge in [-0.15, -0.1) is 0 Å². The van der Waals surface area contributed by atoms with Crippen LogP contribution >= 0.6 is 0 Å². The fourth-order valence-corrected chi connectivity index (χ4v) is 2.75. The summed E-state index contributed by atoms with van der Waals surface area (Å²) in [4.78, 5) is 20.1. The van der Waals surface area contributed by atoms with Gasteiger partial charge in [0.2, 0.25) is 0 Å². The molecule has 140 valence electrons. The van der Waals surface area contributed by atoms with Gasteiger partial charge in [-0.05, 0) is 35.9 Å². The van der Waals surface area contributed by atoms with Gasteiger partial charge < -0.3 is 5.32 Å². The molecule has 6 nitrogen and oxygen atoms in total. The lowest BCUT2D eigenvalue weighted by molar-refractivity contribution is -0.137. The number of hydrogen-bond donors (Lipinski definition) is 2. The Morgan fingerprint density at radius 1 is 0.964 bits per heavy atom. The zero-order chi connectivity index (χ0) is 19.7. The summed E-state index contributed by atoms with van der Waals surface area (Å²) in [6.07, 6.45) is 0.701. The van der Waals surface area contributed by atoms with E-state index in [1.165, 1.54) is 18.6 Å². The molecule has 0 fully saturated rings. The standard InChI is InChI=1S/C19H12F3N5O/c20-19(21,22)13-7-12(9-24-10-13)11-1-2-16-15(8-11)17(27-26-16)18(28)25-14-3-5-23-6-4-14/h1-10H,(H,26,27)(H,23,25,28). The van der Waals surface area contributed by atoms with E-state index in [9.17, 15) is 18.0 Å². The lowest BCUT2D eigenvalue weighted by Crippen LogP contribution is -2.12. The highest BCUT2D eigenvalue weighted by atomic mass is 19.4. The van der Waals surface area contributed by atoms with Crippen molar-refractivity contribution in [3.63, 3.8) is 0 Å². The second-order valence-electron chi connectivity index (χ2n) is 5.98. The summed E-state index contributed by atoms with van der Waals surface area (Å²) in [5.74, 6) is -0.447. The lowest BCUT2D eigenvalue weighted by atomic mass is 10.0. The predicted octanol–water partition coefficient (Wildman–Crippen LogP) is 4.29. The Balaban J connectivity index is 1.72. The third kappa shape index (κ3) is 3.41. The van der Waals surface area contributed by atoms with Crippen molar-refractivity contribution in [1.29, 1.82) is 0 Å². The van der Waals surface area contributed by atoms with E-state index in [2.05, 4.69) is 25.5 Å². The topological polar surface area (TPSA) is 83.6 Å². The first-order valence-electron chi connectivity index (χ1n) is 8.14. The van der Waals surface area contributed by atoms with Crippen LogP contribution in [0.15, 0.2) is 61.2 Å². The number of carbonyl (C=O) groups is 1. The number of H-pyrrole nitrogens is 1. The molecule has 0 aliphatic rings. The number of anilines is 1. The van der Waals surface area contributed by atoms with Crippen LogP contribution in [0.2, 0.25) is 0 Å². The zero-order valence-corrected chi connectivity index (χ0v) is 14.2. The van der Waals surface area contributed by atoms with Crippen molar-refractivity contribution in [2.24, 2.45) is 0 Å². The number of aromatic nitrogens is 4. The van der Waals surface area contributed by atoms with E-state index in [1.54, 1.807) is 30.3 Å². The average Bonchev–Trinajstić information content (AvgIpc) is 3.11. The van der Waals surface area contributed by atoms with Crippen molar-refractivity contribution in [2.75, 3.05) is 5.32 Å². The molecule has 9 heteroatoms. The number of rotatable bonds is 3. The minimum absolute atomic E-state index is 0.133. The second kappa shape index (κ2) is 6.76. The summed E-state index contributed by atoms with van der Waals surface area (Å²) in [7, 11) is 0. The molecule has 0 saturated carbocycles. The SMILES string of the molecule is O=C(Nc1ccncc1)c1n[nH]c2ccc(-c3cncc(C(F)(F)F)c3)cc12. The van der Waals surface area contributed by atoms with Crippen LogP contribution in [0.1, 0.15) is 16.1 Å². The highest BCUT2D eigenvalue weighted by molar-refractivity contribution is 6.11. The van der Waals surface area contributed by atoms with Crippen molar-refractivity contribution in [3.05, 3.63) is 72.4 Å². The van der Waals surface area contributed by atoms with Crippen LogP contribution in [0, 0.1) is 0 Å². The monoisotopic (exact) mass is 383 g/mol. The summed E-state index contributed by atoms with van der Waals surface area (Å²) in [6.45, 7) is 0. The first-order valence-corrected chi connectivity index (χ1v) is 8.14. The minimum Gasteiger partial charge on any atom is -0.320 e. The fourth-order valence-electron chi connectivity index (χ4n) is 2.75. The summed E-state index contributed by atoms with van der Waals surface area (Å²) in [6, 6.07) is 9.19. The number of pyridine rings is 2. The highest BCUT2D eigenvalue weighted by Crippen LogP contribution is 2.32. The van der Waals surface area contributed by atoms with Gasteiger partial charge in [0.1, 0.15) is 0 Å². The Morgan fingerprint density at radius 2 is 1.75 bits per heavy atom. The van der Waals surface area contributed by atoms with Gasteiger partial charge in [-0.3, -0.25) is 19.9 Å². The maximum Gasteiger partial charge on any atom is 0.417 e. The quantitative estimate of drug-likeness (QED) is 0.553. The molecule has 3 heterocycles. The molecule has 0 spiro atoms. The van der Waals surface area contributed by atoms with Crippen molar-refractivity contribution < 1.29 is 18.0 Å². The molecule has 0 atom stereocenters. The molecule has 0 radical (unpaired) electrons. The lowest BCUT2D eigenvalue weighted by Gasteiger charge is -2.08. The highest BCUT2D eigenvalue weighted by Gasteiger charge is 2.31. The van der Waals surface area contributed by atoms with Crippen molar-refractivity contribution >= 4 is 22.5 Å². The van der Waals surface area contributed by atoms with Crippen molar-refractivity contribution in [3.8, 4) is 11.1 Å². The normalized spacial score (nSPS) is 11.5. The van der Waals surface area contributed by atoms with Gasteiger partial charge >= 0.3 is 6.18 Å². The molecule has 4 aromatic rings. The number of benzene rings is 1. The molecule has 0 aliphatic carbocycles. The molecule has 4 rings (SSSR count). The first-order chi connectivity index (χ1) is 13.4. The molecule has 0 aliphatic heterocycles. The Hall–Kier alpha value is -3.75. The van der Waals surface area contributed by atoms with Crippen LogP contribution in [0.4, 0.5) is 18.9 Å². The van der Waals surface area contributed by atoms with E-state index < -0.39 is 17.6 Å². The number of nitrogens with zero attached hydrogens (tertiary/aromatic N) is 3. The number of hydrogen-bond acceptors (Lipinski definition) is 4. The maximum absolute atomic E-state index is 13.0. The molecule has 1 aromatic carbocycles. The number of halogens is 3. The predicted molar refractivity (Wildman–Crippen MR) is 96.5 cm³/mol. The third-order valence-electron chi connectivity index (χ3n) is 4.12. The molecular weight excluding hydrogens is 371 g/mol. The third-order valence-corrected chi connectivity index (χ3v) is 4.12. The Bertz CT molecular complexity index is 1160. The van der Waals surface area contributed by atoms with Gasteiger partial charge in [0, 0.05) is 41.4 Å². The molecule has 2 N–H and O–H groups in total. The van der Waals surface area contributed by atoms with Gasteiger partial charge in [0.05, 0.1) is 11.1 Å². The minimum atomic E-state index is -4.49. The summed E-state index contributed by atoms with van der Waals surface area (Å²) >= 11 is 0. The molecule has 0 saturated heterocycles. The van der Waals surface area contributed by atoms with E-state index in [0.29, 0.717) is 27.7 Å². The molecule has 3 aromatic heterocycles. The van der Waals surface area contributed by atoms with Crippen LogP contribution in [0.25, 0.3) is 22.0 Å². The smallest absolute Gasteiger partial charge is 0.320 e. The summed E-state index contributed by atoms with van der Waals surface area (Å²) < 4.78 is 38.9. The number of fused-ring (bicyclic) bond motifs is 1. The van der Waals surface area contributed by atoms with E-state index in [1.807, 2.05) is 0 Å². The van der Waals surface area contributed by atoms with E-state index >= 15 is 0 Å². The summed E-state index contributed by atoms with van der Waals surface area (Å²) in [5, 5.41) is 9.97. The molecule has 0 bridgehead atoms. The fraction of sp³-hybridized carbons (Fsp3) is 0.0526. The number of alkyl halides is 3. The second-order valence-corrected chi connectivity index (χ2v) is 5.98. The van der Waals surface area contributed by atoms with E-state index in [0.717, 1.165) is 12.3 Å². The number of carbonyl (C=O) groups excluding carboxylic acids is 1. The molecule has 0 unspecified atom stereocenters. The molecular formula is C19H12F3N5O. The molecule has 1 amide bonds. The molecule has 28 heavy (non-hydrogen) atoms. The summed E-state index contributed by atoms with van der Waals surface area (Å²) in [5.41, 5.74) is 1.21. The van der Waals surface area contributed by atoms with Crippen LogP contribution in [-0.2, 0) is 6.18 Å². The van der Waals surface area contributed by atoms with E-state index in [-0.39, 0.29) is 5.69 Å². The Labute approximate surface area is 156 Å².